The molecule has 5 rings (SSSR count). The van der Waals surface area contributed by atoms with E-state index in [4.69, 9.17) is 32.7 Å². The predicted octanol–water partition coefficient (Wildman–Crippen LogP) is 3.70. The quantitative estimate of drug-likeness (QED) is 0.0972. The molecule has 1 aromatic rings. The third-order valence-electron chi connectivity index (χ3n) is 12.3. The number of nitrogens with one attached hydrogen (secondary N) is 1. The van der Waals surface area contributed by atoms with Crippen LogP contribution in [0.25, 0.3) is 0 Å². The average molecular weight is 798 g/mol. The first kappa shape index (κ1) is 41.4. The summed E-state index contributed by atoms with van der Waals surface area (Å²) in [7, 11) is 0. The number of ketones is 2. The molecule has 54 heavy (non-hydrogen) atoms. The number of esters is 2. The van der Waals surface area contributed by atoms with Gasteiger partial charge in [0.2, 0.25) is 5.78 Å². The van der Waals surface area contributed by atoms with Crippen LogP contribution in [0, 0.1) is 38.7 Å². The van der Waals surface area contributed by atoms with Gasteiger partial charge in [-0.05, 0) is 74.3 Å². The third-order valence-corrected chi connectivity index (χ3v) is 12.7. The first-order valence-corrected chi connectivity index (χ1v) is 18.5. The zero-order valence-corrected chi connectivity index (χ0v) is 31.3. The summed E-state index contributed by atoms with van der Waals surface area (Å²) < 4.78 is 27.7. The first-order valence-electron chi connectivity index (χ1n) is 17.6. The molecule has 0 heterocycles. The largest absolute Gasteiger partial charge is 0.463 e. The second kappa shape index (κ2) is 15.4. The lowest BCUT2D eigenvalue weighted by Crippen LogP contribution is -2.69. The molecular weight excluding hydrogens is 754 g/mol. The number of hydrogen-bond acceptors (Lipinski definition) is 12. The van der Waals surface area contributed by atoms with Gasteiger partial charge >= 0.3 is 11.9 Å². The van der Waals surface area contributed by atoms with Gasteiger partial charge in [0.15, 0.2) is 22.9 Å². The predicted molar refractivity (Wildman–Crippen MR) is 189 cm³/mol. The van der Waals surface area contributed by atoms with E-state index in [0.29, 0.717) is 18.4 Å². The van der Waals surface area contributed by atoms with Gasteiger partial charge in [0.1, 0.15) is 18.3 Å². The number of benzene rings is 1. The monoisotopic (exact) mass is 796 g/mol. The number of fused-ring (bicyclic) bond motifs is 5. The Morgan fingerprint density at radius 3 is 2.33 bits per heavy atom. The van der Waals surface area contributed by atoms with Crippen molar-refractivity contribution >= 4 is 58.3 Å². The van der Waals surface area contributed by atoms with E-state index in [0.717, 1.165) is 12.1 Å². The Bertz CT molecular complexity index is 1770. The van der Waals surface area contributed by atoms with Gasteiger partial charge in [-0.2, -0.15) is 0 Å². The summed E-state index contributed by atoms with van der Waals surface area (Å²) in [4.78, 5) is 72.0. The molecule has 1 amide bonds. The highest BCUT2D eigenvalue weighted by Gasteiger charge is 2.75. The maximum atomic E-state index is 17.4. The number of carbonyl (C=O) groups is 5. The van der Waals surface area contributed by atoms with Crippen LogP contribution in [0.5, 0.6) is 0 Å². The Morgan fingerprint density at radius 1 is 1.09 bits per heavy atom. The standard InChI is InChI=1S/C37H43Cl2FN2O12/c1-19-14-25-24-9-6-21-15-23(43)12-13-34(21,2)36(24,40)27(44)16-35(25,3)37(19,50)28(45)18-54-30(47)11-10-29(46)53-17-26(41-33(49)32(38)39)31(48)20-4-7-22(8-5-20)42(51)52/h4-5,7-8,12-13,15,19,24-27,31-32,44,48,50H,6,9-11,14,16-18H2,1-3H3,(H,41,49)/t19-,24-,25-,26+,27-,31+,34-,35-,36-,37-/m0/s1. The number of alkyl halides is 3. The molecule has 3 fully saturated rings. The Labute approximate surface area is 320 Å². The van der Waals surface area contributed by atoms with Crippen LogP contribution in [0.2, 0.25) is 0 Å². The summed E-state index contributed by atoms with van der Waals surface area (Å²) in [6, 6.07) is 3.45. The van der Waals surface area contributed by atoms with Gasteiger partial charge in [-0.25, -0.2) is 4.39 Å². The smallest absolute Gasteiger partial charge is 0.306 e. The van der Waals surface area contributed by atoms with E-state index < -0.39 is 118 Å². The van der Waals surface area contributed by atoms with Crippen molar-refractivity contribution in [3.8, 4) is 0 Å². The maximum Gasteiger partial charge on any atom is 0.306 e. The molecule has 3 saturated carbocycles. The molecule has 0 aromatic heterocycles. The number of aliphatic hydroxyl groups is 3. The molecule has 0 aliphatic heterocycles. The number of nitro benzene ring substituents is 1. The summed E-state index contributed by atoms with van der Waals surface area (Å²) >= 11 is 11.2. The molecular formula is C37H43Cl2FN2O12. The van der Waals surface area contributed by atoms with E-state index in [9.17, 15) is 49.4 Å². The minimum atomic E-state index is -2.15. The lowest BCUT2D eigenvalue weighted by molar-refractivity contribution is -0.384. The van der Waals surface area contributed by atoms with Gasteiger partial charge in [-0.1, -0.05) is 48.7 Å². The van der Waals surface area contributed by atoms with Crippen molar-refractivity contribution in [3.05, 3.63) is 63.7 Å². The highest BCUT2D eigenvalue weighted by atomic mass is 35.5. The molecule has 4 N–H and O–H groups in total. The first-order chi connectivity index (χ1) is 25.2. The maximum absolute atomic E-state index is 17.4. The van der Waals surface area contributed by atoms with Crippen LogP contribution in [0.1, 0.15) is 71.0 Å². The van der Waals surface area contributed by atoms with Crippen LogP contribution in [0.4, 0.5) is 10.1 Å². The number of allylic oxidation sites excluding steroid dienone is 4. The molecule has 4 aliphatic rings. The number of hydrogen-bond donors (Lipinski definition) is 4. The number of amides is 1. The van der Waals surface area contributed by atoms with Crippen LogP contribution >= 0.6 is 23.2 Å². The highest BCUT2D eigenvalue weighted by Crippen LogP contribution is 2.70. The zero-order valence-electron chi connectivity index (χ0n) is 29.8. The van der Waals surface area contributed by atoms with Gasteiger partial charge in [0.05, 0.1) is 29.9 Å². The van der Waals surface area contributed by atoms with Crippen molar-refractivity contribution in [2.75, 3.05) is 13.2 Å². The van der Waals surface area contributed by atoms with Gasteiger partial charge in [0, 0.05) is 28.9 Å². The van der Waals surface area contributed by atoms with Crippen LogP contribution in [-0.4, -0.2) is 91.1 Å². The Balaban J connectivity index is 1.18. The second-order valence-electron chi connectivity index (χ2n) is 15.1. The van der Waals surface area contributed by atoms with Gasteiger partial charge < -0.3 is 30.1 Å². The van der Waals surface area contributed by atoms with Gasteiger partial charge in [-0.3, -0.25) is 34.1 Å². The van der Waals surface area contributed by atoms with Crippen molar-refractivity contribution in [2.45, 2.75) is 93.7 Å². The molecule has 294 valence electrons. The fourth-order valence-electron chi connectivity index (χ4n) is 9.41. The van der Waals surface area contributed by atoms with Crippen LogP contribution in [0.15, 0.2) is 48.1 Å². The van der Waals surface area contributed by atoms with Gasteiger partial charge in [0.25, 0.3) is 11.6 Å². The molecule has 1 aromatic carbocycles. The topological polar surface area (TPSA) is 220 Å². The van der Waals surface area contributed by atoms with Crippen molar-refractivity contribution in [1.82, 2.24) is 5.32 Å². The van der Waals surface area contributed by atoms with Crippen molar-refractivity contribution in [1.29, 1.82) is 0 Å². The molecule has 0 radical (unpaired) electrons. The van der Waals surface area contributed by atoms with Gasteiger partial charge in [-0.15, -0.1) is 0 Å². The number of ether oxygens (including phenoxy) is 2. The Kier molecular flexibility index (Phi) is 11.8. The van der Waals surface area contributed by atoms with E-state index in [1.807, 2.05) is 0 Å². The minimum Gasteiger partial charge on any atom is -0.463 e. The van der Waals surface area contributed by atoms with E-state index in [2.05, 4.69) is 5.32 Å². The van der Waals surface area contributed by atoms with E-state index in [-0.39, 0.29) is 29.9 Å². The number of aliphatic hydroxyl groups excluding tert-OH is 2. The summed E-state index contributed by atoms with van der Waals surface area (Å²) in [5.41, 5.74) is -6.26. The van der Waals surface area contributed by atoms with Crippen molar-refractivity contribution in [2.24, 2.45) is 28.6 Å². The fraction of sp³-hybridized carbons (Fsp3) is 0.595. The lowest BCUT2D eigenvalue weighted by Gasteiger charge is -2.62. The van der Waals surface area contributed by atoms with E-state index in [1.165, 1.54) is 30.4 Å². The number of Topliss-reactive ketones (excluding diaryl/α,β-unsaturated/α-hetero) is 1. The Morgan fingerprint density at radius 2 is 1.72 bits per heavy atom. The zero-order chi connectivity index (χ0) is 40.0. The van der Waals surface area contributed by atoms with Crippen LogP contribution in [-0.2, 0) is 33.4 Å². The number of carbonyl (C=O) groups excluding carboxylic acids is 5. The Hall–Kier alpha value is -3.76. The summed E-state index contributed by atoms with van der Waals surface area (Å²) in [6.07, 6.45) is 0.828. The highest BCUT2D eigenvalue weighted by molar-refractivity contribution is 6.53. The molecule has 14 nitrogen and oxygen atoms in total. The number of halogens is 3. The number of rotatable bonds is 13. The summed E-state index contributed by atoms with van der Waals surface area (Å²) in [5.74, 6) is -5.83. The summed E-state index contributed by atoms with van der Waals surface area (Å²) in [5, 5.41) is 47.7. The lowest BCUT2D eigenvalue weighted by atomic mass is 9.44. The molecule has 0 bridgehead atoms. The van der Waals surface area contributed by atoms with Crippen LogP contribution < -0.4 is 5.32 Å². The van der Waals surface area contributed by atoms with Crippen LogP contribution in [0.3, 0.4) is 0 Å². The molecule has 10 atom stereocenters. The second-order valence-corrected chi connectivity index (χ2v) is 16.2. The average Bonchev–Trinajstić information content (AvgIpc) is 3.33. The molecule has 0 spiro atoms. The molecule has 0 unspecified atom stereocenters. The molecule has 0 saturated heterocycles. The summed E-state index contributed by atoms with van der Waals surface area (Å²) in [6.45, 7) is 3.53. The fourth-order valence-corrected chi connectivity index (χ4v) is 9.54. The number of non-ortho nitro benzene ring substituents is 1. The SMILES string of the molecule is C[C@H]1C[C@H]2[C@@H]3CCC4=CC(=O)C=C[C@]4(C)[C@@]3(F)[C@@H](O)C[C@]2(C)[C@@]1(O)C(=O)COC(=O)CCC(=O)OC[C@@H](NC(=O)C(Cl)Cl)[C@H](O)c1ccc([N+](=O)[O-])cc1. The third kappa shape index (κ3) is 7.09. The van der Waals surface area contributed by atoms with Crippen molar-refractivity contribution < 1.29 is 58.1 Å². The normalized spacial score (nSPS) is 33.7. The number of nitro groups is 1. The van der Waals surface area contributed by atoms with E-state index in [1.54, 1.807) is 20.8 Å². The van der Waals surface area contributed by atoms with E-state index >= 15 is 4.39 Å². The van der Waals surface area contributed by atoms with Crippen molar-refractivity contribution in [3.63, 3.8) is 0 Å². The number of nitrogens with zero attached hydrogens (tertiary/aromatic N) is 1. The minimum absolute atomic E-state index is 0.138. The molecule has 17 heteroatoms. The molecule has 4 aliphatic carbocycles.